The zero-order chi connectivity index (χ0) is 24.7. The van der Waals surface area contributed by atoms with Crippen LogP contribution in [-0.2, 0) is 10.0 Å². The molecule has 0 aromatic heterocycles. The lowest BCUT2D eigenvalue weighted by atomic mass is 9.77. The number of benzene rings is 4. The molecule has 3 atom stereocenters. The number of allylic oxidation sites excluding steroid dienone is 2. The number of sulfonamides is 1. The maximum atomic E-state index is 13.4. The zero-order valence-corrected chi connectivity index (χ0v) is 20.8. The minimum atomic E-state index is -3.76. The topological polar surface area (TPSA) is 67.4 Å². The van der Waals surface area contributed by atoms with Crippen molar-refractivity contribution in [3.8, 4) is 5.75 Å². The van der Waals surface area contributed by atoms with E-state index in [1.807, 2.05) is 67.6 Å². The number of hydrogen-bond donors (Lipinski definition) is 2. The van der Waals surface area contributed by atoms with Crippen LogP contribution in [0.4, 0.5) is 11.4 Å². The SMILES string of the molecule is CCOc1ccc([C@@H]2Nc3ccc(S(=O)(=O)Nc4cccc5ccccc45)cc3[C@@H]3C=CC[C@H]32)cc1. The van der Waals surface area contributed by atoms with E-state index < -0.39 is 10.0 Å². The monoisotopic (exact) mass is 496 g/mol. The summed E-state index contributed by atoms with van der Waals surface area (Å²) in [6.45, 7) is 2.62. The molecule has 182 valence electrons. The van der Waals surface area contributed by atoms with E-state index in [0.29, 0.717) is 18.2 Å². The van der Waals surface area contributed by atoms with Crippen molar-refractivity contribution in [3.05, 3.63) is 108 Å². The predicted molar refractivity (Wildman–Crippen MR) is 145 cm³/mol. The van der Waals surface area contributed by atoms with Crippen LogP contribution >= 0.6 is 0 Å². The van der Waals surface area contributed by atoms with Gasteiger partial charge in [0.15, 0.2) is 0 Å². The number of nitrogens with one attached hydrogen (secondary N) is 2. The van der Waals surface area contributed by atoms with Crippen molar-refractivity contribution >= 4 is 32.2 Å². The number of anilines is 2. The lowest BCUT2D eigenvalue weighted by Crippen LogP contribution is -2.29. The average molecular weight is 497 g/mol. The molecule has 4 aromatic rings. The van der Waals surface area contributed by atoms with Crippen LogP contribution in [-0.4, -0.2) is 15.0 Å². The Hall–Kier alpha value is -3.77. The summed E-state index contributed by atoms with van der Waals surface area (Å²) in [5.41, 5.74) is 3.79. The standard InChI is InChI=1S/C30H28N2O3S/c1-2-35-22-15-13-21(14-16-22)30-26-11-6-10-25(26)27-19-23(17-18-28(27)31-30)36(33,34)32-29-12-5-8-20-7-3-4-9-24(20)29/h3-10,12-19,25-26,30-32H,2,11H2,1H3/t25-,26-,30+/m1/s1. The van der Waals surface area contributed by atoms with Gasteiger partial charge in [-0.15, -0.1) is 0 Å². The van der Waals surface area contributed by atoms with Gasteiger partial charge in [0.25, 0.3) is 10.0 Å². The van der Waals surface area contributed by atoms with E-state index in [1.165, 1.54) is 5.56 Å². The maximum absolute atomic E-state index is 13.4. The van der Waals surface area contributed by atoms with E-state index in [4.69, 9.17) is 4.74 Å². The second-order valence-corrected chi connectivity index (χ2v) is 11.0. The summed E-state index contributed by atoms with van der Waals surface area (Å²) in [6.07, 6.45) is 5.38. The first kappa shape index (κ1) is 22.7. The summed E-state index contributed by atoms with van der Waals surface area (Å²) >= 11 is 0. The van der Waals surface area contributed by atoms with Gasteiger partial charge in [-0.25, -0.2) is 8.42 Å². The van der Waals surface area contributed by atoms with Crippen molar-refractivity contribution in [1.82, 2.24) is 0 Å². The average Bonchev–Trinajstić information content (AvgIpc) is 3.39. The van der Waals surface area contributed by atoms with Crippen molar-refractivity contribution < 1.29 is 13.2 Å². The highest BCUT2D eigenvalue weighted by Gasteiger charge is 2.38. The van der Waals surface area contributed by atoms with E-state index in [1.54, 1.807) is 12.1 Å². The fraction of sp³-hybridized carbons (Fsp3) is 0.200. The van der Waals surface area contributed by atoms with Crippen LogP contribution in [0, 0.1) is 5.92 Å². The molecule has 5 nitrogen and oxygen atoms in total. The molecule has 2 aliphatic rings. The Balaban J connectivity index is 1.32. The molecular formula is C30H28N2O3S. The summed E-state index contributed by atoms with van der Waals surface area (Å²) in [5.74, 6) is 1.34. The molecule has 0 saturated heterocycles. The molecule has 1 heterocycles. The van der Waals surface area contributed by atoms with Gasteiger partial charge in [0.2, 0.25) is 0 Å². The van der Waals surface area contributed by atoms with Gasteiger partial charge in [-0.1, -0.05) is 60.7 Å². The highest BCUT2D eigenvalue weighted by Crippen LogP contribution is 2.50. The van der Waals surface area contributed by atoms with Crippen LogP contribution in [0.5, 0.6) is 5.75 Å². The first-order valence-electron chi connectivity index (χ1n) is 12.3. The Morgan fingerprint density at radius 2 is 1.78 bits per heavy atom. The Labute approximate surface area is 211 Å². The molecule has 1 aliphatic carbocycles. The summed E-state index contributed by atoms with van der Waals surface area (Å²) in [5, 5.41) is 5.56. The van der Waals surface area contributed by atoms with E-state index in [9.17, 15) is 8.42 Å². The van der Waals surface area contributed by atoms with E-state index in [-0.39, 0.29) is 16.9 Å². The molecule has 36 heavy (non-hydrogen) atoms. The largest absolute Gasteiger partial charge is 0.494 e. The second-order valence-electron chi connectivity index (χ2n) is 9.36. The molecule has 4 aromatic carbocycles. The quantitative estimate of drug-likeness (QED) is 0.286. The molecule has 0 radical (unpaired) electrons. The van der Waals surface area contributed by atoms with Crippen LogP contribution < -0.4 is 14.8 Å². The molecule has 6 rings (SSSR count). The number of fused-ring (bicyclic) bond motifs is 4. The van der Waals surface area contributed by atoms with Gasteiger partial charge in [0.1, 0.15) is 5.75 Å². The maximum Gasteiger partial charge on any atom is 0.261 e. The van der Waals surface area contributed by atoms with Gasteiger partial charge in [-0.2, -0.15) is 0 Å². The number of rotatable bonds is 6. The number of hydrogen-bond acceptors (Lipinski definition) is 4. The van der Waals surface area contributed by atoms with Crippen molar-refractivity contribution in [2.75, 3.05) is 16.6 Å². The van der Waals surface area contributed by atoms with E-state index in [0.717, 1.165) is 34.2 Å². The van der Waals surface area contributed by atoms with Crippen LogP contribution in [0.2, 0.25) is 0 Å². The van der Waals surface area contributed by atoms with E-state index in [2.05, 4.69) is 34.3 Å². The lowest BCUT2D eigenvalue weighted by molar-refractivity contribution is 0.340. The molecule has 1 aliphatic heterocycles. The summed E-state index contributed by atoms with van der Waals surface area (Å²) < 4.78 is 35.3. The van der Waals surface area contributed by atoms with Gasteiger partial charge in [0.05, 0.1) is 23.2 Å². The third-order valence-corrected chi connectivity index (χ3v) is 8.59. The molecule has 0 spiro atoms. The van der Waals surface area contributed by atoms with Gasteiger partial charge >= 0.3 is 0 Å². The van der Waals surface area contributed by atoms with Crippen molar-refractivity contribution in [1.29, 1.82) is 0 Å². The van der Waals surface area contributed by atoms with Crippen LogP contribution in [0.25, 0.3) is 10.8 Å². The van der Waals surface area contributed by atoms with Gasteiger partial charge < -0.3 is 10.1 Å². The van der Waals surface area contributed by atoms with Crippen LogP contribution in [0.15, 0.2) is 102 Å². The molecule has 6 heteroatoms. The fourth-order valence-electron chi connectivity index (χ4n) is 5.53. The minimum absolute atomic E-state index is 0.143. The third-order valence-electron chi connectivity index (χ3n) is 7.23. The zero-order valence-electron chi connectivity index (χ0n) is 20.0. The molecule has 2 N–H and O–H groups in total. The molecule has 0 fully saturated rings. The van der Waals surface area contributed by atoms with Crippen molar-refractivity contribution in [2.24, 2.45) is 5.92 Å². The van der Waals surface area contributed by atoms with Gasteiger partial charge in [-0.05, 0) is 72.2 Å². The second kappa shape index (κ2) is 9.03. The highest BCUT2D eigenvalue weighted by molar-refractivity contribution is 7.92. The molecule has 0 unspecified atom stereocenters. The van der Waals surface area contributed by atoms with Crippen LogP contribution in [0.1, 0.15) is 36.4 Å². The Kier molecular flexibility index (Phi) is 5.69. The molecule has 0 amide bonds. The highest BCUT2D eigenvalue weighted by atomic mass is 32.2. The van der Waals surface area contributed by atoms with E-state index >= 15 is 0 Å². The van der Waals surface area contributed by atoms with Crippen molar-refractivity contribution in [2.45, 2.75) is 30.2 Å². The lowest BCUT2D eigenvalue weighted by Gasteiger charge is -2.37. The van der Waals surface area contributed by atoms with Crippen LogP contribution in [0.3, 0.4) is 0 Å². The first-order valence-corrected chi connectivity index (χ1v) is 13.8. The van der Waals surface area contributed by atoms with Gasteiger partial charge in [-0.3, -0.25) is 4.72 Å². The smallest absolute Gasteiger partial charge is 0.261 e. The minimum Gasteiger partial charge on any atom is -0.494 e. The molecular weight excluding hydrogens is 468 g/mol. The predicted octanol–water partition coefficient (Wildman–Crippen LogP) is 6.87. The third kappa shape index (κ3) is 4.01. The van der Waals surface area contributed by atoms with Crippen molar-refractivity contribution in [3.63, 3.8) is 0 Å². The Morgan fingerprint density at radius 3 is 2.61 bits per heavy atom. The molecule has 0 bridgehead atoms. The fourth-order valence-corrected chi connectivity index (χ4v) is 6.64. The van der Waals surface area contributed by atoms with Gasteiger partial charge in [0, 0.05) is 17.0 Å². The Bertz CT molecular complexity index is 1560. The molecule has 0 saturated carbocycles. The first-order chi connectivity index (χ1) is 17.5. The summed E-state index contributed by atoms with van der Waals surface area (Å²) in [7, 11) is -3.76. The summed E-state index contributed by atoms with van der Waals surface area (Å²) in [4.78, 5) is 0.273. The Morgan fingerprint density at radius 1 is 0.972 bits per heavy atom. The normalized spacial score (nSPS) is 20.4. The number of ether oxygens (including phenoxy) is 1. The summed E-state index contributed by atoms with van der Waals surface area (Å²) in [6, 6.07) is 27.3.